The van der Waals surface area contributed by atoms with Crippen molar-refractivity contribution in [1.29, 1.82) is 0 Å². The fourth-order valence-electron chi connectivity index (χ4n) is 6.70. The summed E-state index contributed by atoms with van der Waals surface area (Å²) >= 11 is 0. The maximum Gasteiger partial charge on any atom is 0.323 e. The summed E-state index contributed by atoms with van der Waals surface area (Å²) in [5.41, 5.74) is 23.4. The number of hydrogen-bond donors (Lipinski definition) is 8. The topological polar surface area (TPSA) is 299 Å². The molecule has 0 aromatic heterocycles. The molecule has 0 bridgehead atoms. The quantitative estimate of drug-likeness (QED) is 0.0365. The number of nitrogens with zero attached hydrogens (tertiary/aromatic N) is 3. The number of anilines is 1. The highest BCUT2D eigenvalue weighted by molar-refractivity contribution is 5.96. The van der Waals surface area contributed by atoms with Crippen molar-refractivity contribution in [3.63, 3.8) is 0 Å². The maximum absolute atomic E-state index is 14.2. The summed E-state index contributed by atoms with van der Waals surface area (Å²) in [6, 6.07) is 2.42. The van der Waals surface area contributed by atoms with Crippen LogP contribution in [0.2, 0.25) is 0 Å². The number of amides is 6. The summed E-state index contributed by atoms with van der Waals surface area (Å²) in [4.78, 5) is 97.1. The highest BCUT2D eigenvalue weighted by Crippen LogP contribution is 2.27. The van der Waals surface area contributed by atoms with Gasteiger partial charge >= 0.3 is 5.97 Å². The van der Waals surface area contributed by atoms with Crippen LogP contribution in [0.5, 0.6) is 0 Å². The third-order valence-corrected chi connectivity index (χ3v) is 9.24. The van der Waals surface area contributed by atoms with Gasteiger partial charge in [-0.2, -0.15) is 0 Å². The minimum atomic E-state index is -1.41. The summed E-state index contributed by atoms with van der Waals surface area (Å²) in [5, 5.41) is 17.9. The zero-order chi connectivity index (χ0) is 38.4. The fraction of sp³-hybridized carbons (Fsp3) is 0.588. The molecule has 0 radical (unpaired) electrons. The average Bonchev–Trinajstić information content (AvgIpc) is 3.59. The SMILES string of the molecule is CC(=O)N[C@H](Cc1ccc(N)cc1)C(=O)N[C@H](C(=O)N[C@@H](CCCN=C(N)N)C(=O)N(CC(=O)O)CC(=O)N1CCC[C@H]1C(N)=O)C1CCCCC1. The van der Waals surface area contributed by atoms with Gasteiger partial charge in [-0.1, -0.05) is 31.4 Å². The highest BCUT2D eigenvalue weighted by atomic mass is 16.4. The monoisotopic (exact) mass is 728 g/mol. The number of aliphatic carboxylic acids is 1. The molecule has 2 aliphatic rings. The van der Waals surface area contributed by atoms with Crippen LogP contribution in [0.15, 0.2) is 29.3 Å². The molecule has 1 saturated heterocycles. The summed E-state index contributed by atoms with van der Waals surface area (Å²) in [7, 11) is 0. The molecule has 1 aromatic rings. The average molecular weight is 729 g/mol. The molecule has 286 valence electrons. The van der Waals surface area contributed by atoms with Crippen LogP contribution in [0, 0.1) is 5.92 Å². The van der Waals surface area contributed by atoms with Gasteiger partial charge in [0, 0.05) is 32.1 Å². The van der Waals surface area contributed by atoms with Gasteiger partial charge in [0.25, 0.3) is 0 Å². The third kappa shape index (κ3) is 12.7. The lowest BCUT2D eigenvalue weighted by molar-refractivity contribution is -0.150. The van der Waals surface area contributed by atoms with E-state index >= 15 is 0 Å². The van der Waals surface area contributed by atoms with Crippen molar-refractivity contribution >= 4 is 53.1 Å². The molecule has 2 fully saturated rings. The Balaban J connectivity index is 1.89. The number of rotatable bonds is 18. The van der Waals surface area contributed by atoms with Crippen molar-refractivity contribution in [1.82, 2.24) is 25.8 Å². The number of benzene rings is 1. The van der Waals surface area contributed by atoms with Gasteiger partial charge in [-0.15, -0.1) is 0 Å². The van der Waals surface area contributed by atoms with Crippen LogP contribution in [0.25, 0.3) is 0 Å². The lowest BCUT2D eigenvalue weighted by atomic mass is 9.83. The number of carbonyl (C=O) groups excluding carboxylic acids is 6. The summed E-state index contributed by atoms with van der Waals surface area (Å²) in [6.07, 6.45) is 4.89. The number of hydrogen-bond acceptors (Lipinski definition) is 9. The van der Waals surface area contributed by atoms with E-state index in [-0.39, 0.29) is 44.2 Å². The van der Waals surface area contributed by atoms with Gasteiger partial charge in [-0.3, -0.25) is 38.6 Å². The Labute approximate surface area is 302 Å². The molecule has 1 aromatic carbocycles. The Morgan fingerprint density at radius 2 is 1.56 bits per heavy atom. The Kier molecular flexibility index (Phi) is 15.6. The normalized spacial score (nSPS) is 17.6. The molecular formula is C34H52N10O8. The van der Waals surface area contributed by atoms with Crippen LogP contribution in [0.4, 0.5) is 5.69 Å². The molecule has 52 heavy (non-hydrogen) atoms. The maximum atomic E-state index is 14.2. The number of guanidine groups is 1. The predicted molar refractivity (Wildman–Crippen MR) is 191 cm³/mol. The predicted octanol–water partition coefficient (Wildman–Crippen LogP) is -1.69. The molecule has 3 rings (SSSR count). The Morgan fingerprint density at radius 1 is 0.885 bits per heavy atom. The highest BCUT2D eigenvalue weighted by Gasteiger charge is 2.38. The van der Waals surface area contributed by atoms with Crippen molar-refractivity contribution in [2.45, 2.75) is 95.3 Å². The molecule has 12 N–H and O–H groups in total. The number of primary amides is 1. The van der Waals surface area contributed by atoms with E-state index in [0.717, 1.165) is 29.7 Å². The van der Waals surface area contributed by atoms with Crippen LogP contribution in [0.1, 0.15) is 70.3 Å². The van der Waals surface area contributed by atoms with Crippen molar-refractivity contribution in [2.75, 3.05) is 31.9 Å². The molecule has 6 amide bonds. The van der Waals surface area contributed by atoms with Crippen molar-refractivity contribution in [2.24, 2.45) is 28.1 Å². The van der Waals surface area contributed by atoms with E-state index in [2.05, 4.69) is 20.9 Å². The van der Waals surface area contributed by atoms with Gasteiger partial charge in [0.1, 0.15) is 37.3 Å². The fourth-order valence-corrected chi connectivity index (χ4v) is 6.70. The summed E-state index contributed by atoms with van der Waals surface area (Å²) < 4.78 is 0. The lowest BCUT2D eigenvalue weighted by Gasteiger charge is -2.33. The molecule has 1 aliphatic heterocycles. The third-order valence-electron chi connectivity index (χ3n) is 9.24. The van der Waals surface area contributed by atoms with Crippen LogP contribution in [0.3, 0.4) is 0 Å². The first kappa shape index (κ1) is 41.0. The second kappa shape index (κ2) is 19.8. The van der Waals surface area contributed by atoms with Gasteiger partial charge in [-0.25, -0.2) is 0 Å². The van der Waals surface area contributed by atoms with E-state index in [0.29, 0.717) is 31.4 Å². The molecule has 0 spiro atoms. The molecular weight excluding hydrogens is 676 g/mol. The van der Waals surface area contributed by atoms with E-state index < -0.39 is 78.7 Å². The van der Waals surface area contributed by atoms with Gasteiger partial charge in [0.2, 0.25) is 35.4 Å². The number of nitrogens with one attached hydrogen (secondary N) is 3. The largest absolute Gasteiger partial charge is 0.480 e. The van der Waals surface area contributed by atoms with Crippen LogP contribution in [-0.4, -0.2) is 113 Å². The minimum absolute atomic E-state index is 0.0454. The van der Waals surface area contributed by atoms with Gasteiger partial charge in [0.05, 0.1) is 0 Å². The van der Waals surface area contributed by atoms with Gasteiger partial charge < -0.3 is 53.8 Å². The zero-order valence-corrected chi connectivity index (χ0v) is 29.6. The van der Waals surface area contributed by atoms with E-state index in [1.807, 2.05) is 0 Å². The molecule has 18 nitrogen and oxygen atoms in total. The van der Waals surface area contributed by atoms with Crippen LogP contribution >= 0.6 is 0 Å². The van der Waals surface area contributed by atoms with E-state index in [1.165, 1.54) is 11.8 Å². The number of nitrogen functional groups attached to an aromatic ring is 1. The van der Waals surface area contributed by atoms with Crippen molar-refractivity contribution in [3.8, 4) is 0 Å². The molecule has 1 saturated carbocycles. The smallest absolute Gasteiger partial charge is 0.323 e. The summed E-state index contributed by atoms with van der Waals surface area (Å²) in [5.74, 6) is -5.89. The van der Waals surface area contributed by atoms with Crippen molar-refractivity contribution in [3.05, 3.63) is 29.8 Å². The summed E-state index contributed by atoms with van der Waals surface area (Å²) in [6.45, 7) is 0.0211. The number of likely N-dealkylation sites (tertiary alicyclic amines) is 1. The Hall–Kier alpha value is -5.42. The molecule has 0 unspecified atom stereocenters. The first-order chi connectivity index (χ1) is 24.7. The number of carboxylic acid groups (broad SMARTS) is 1. The lowest BCUT2D eigenvalue weighted by Crippen LogP contribution is -2.60. The molecule has 18 heteroatoms. The Bertz CT molecular complexity index is 1480. The van der Waals surface area contributed by atoms with E-state index in [9.17, 15) is 38.7 Å². The van der Waals surface area contributed by atoms with E-state index in [4.69, 9.17) is 22.9 Å². The van der Waals surface area contributed by atoms with Crippen molar-refractivity contribution < 1.29 is 38.7 Å². The van der Waals surface area contributed by atoms with Crippen LogP contribution < -0.4 is 38.9 Å². The first-order valence-electron chi connectivity index (χ1n) is 17.5. The number of carbonyl (C=O) groups is 7. The van der Waals surface area contributed by atoms with E-state index in [1.54, 1.807) is 24.3 Å². The number of nitrogens with two attached hydrogens (primary N) is 4. The number of carboxylic acids is 1. The second-order valence-corrected chi connectivity index (χ2v) is 13.3. The zero-order valence-electron chi connectivity index (χ0n) is 29.6. The molecule has 4 atom stereocenters. The van der Waals surface area contributed by atoms with Gasteiger partial charge in [0.15, 0.2) is 5.96 Å². The minimum Gasteiger partial charge on any atom is -0.480 e. The first-order valence-corrected chi connectivity index (χ1v) is 17.5. The second-order valence-electron chi connectivity index (χ2n) is 13.3. The van der Waals surface area contributed by atoms with Crippen LogP contribution in [-0.2, 0) is 40.0 Å². The van der Waals surface area contributed by atoms with Gasteiger partial charge in [-0.05, 0) is 62.1 Å². The number of aliphatic imine (C=N–C) groups is 1. The molecule has 1 heterocycles. The molecule has 1 aliphatic carbocycles. The standard InChI is InChI=1S/C34H52N10O8/c1-20(45)40-25(17-21-11-13-23(35)14-12-21)31(50)42-29(22-7-3-2-4-8-22)32(51)41-24(9-5-15-39-34(37)38)33(52)43(19-28(47)48)18-27(46)44-16-6-10-26(44)30(36)49/h11-14,22,24-26,29H,2-10,15-19,35H2,1H3,(H2,36,49)(H,40,45)(H,41,51)(H,42,50)(H,47,48)(H4,37,38,39)/t24-,25+,26-,29-/m0/s1. The Morgan fingerprint density at radius 3 is 2.15 bits per heavy atom.